The van der Waals surface area contributed by atoms with Gasteiger partial charge < -0.3 is 10.3 Å². The van der Waals surface area contributed by atoms with Crippen molar-refractivity contribution in [2.75, 3.05) is 11.9 Å². The minimum absolute atomic E-state index is 0.175. The van der Waals surface area contributed by atoms with E-state index < -0.39 is 0 Å². The summed E-state index contributed by atoms with van der Waals surface area (Å²) >= 11 is 0. The van der Waals surface area contributed by atoms with Crippen molar-refractivity contribution in [1.82, 2.24) is 9.97 Å². The molecule has 60 valence electrons. The van der Waals surface area contributed by atoms with E-state index in [1.54, 1.807) is 6.20 Å². The zero-order valence-electron chi connectivity index (χ0n) is 6.42. The molecule has 0 saturated heterocycles. The monoisotopic (exact) mass is 153 g/mol. The summed E-state index contributed by atoms with van der Waals surface area (Å²) in [6.45, 7) is 2.91. The number of aromatic nitrogens is 2. The van der Waals surface area contributed by atoms with Crippen molar-refractivity contribution in [1.29, 1.82) is 0 Å². The van der Waals surface area contributed by atoms with Crippen molar-refractivity contribution in [3.05, 3.63) is 22.7 Å². The Hall–Kier alpha value is -1.32. The van der Waals surface area contributed by atoms with E-state index in [-0.39, 0.29) is 5.56 Å². The van der Waals surface area contributed by atoms with Gasteiger partial charge in [0.05, 0.1) is 12.4 Å². The number of H-pyrrole nitrogens is 1. The molecule has 1 aromatic heterocycles. The van der Waals surface area contributed by atoms with E-state index in [0.29, 0.717) is 5.82 Å². The van der Waals surface area contributed by atoms with Crippen molar-refractivity contribution in [2.24, 2.45) is 0 Å². The van der Waals surface area contributed by atoms with Crippen molar-refractivity contribution < 1.29 is 0 Å². The topological polar surface area (TPSA) is 57.8 Å². The van der Waals surface area contributed by atoms with E-state index in [0.717, 1.165) is 13.0 Å². The fraction of sp³-hybridized carbons (Fsp3) is 0.429. The van der Waals surface area contributed by atoms with Gasteiger partial charge in [0.25, 0.3) is 5.56 Å². The van der Waals surface area contributed by atoms with Gasteiger partial charge in [0.1, 0.15) is 5.82 Å². The van der Waals surface area contributed by atoms with Gasteiger partial charge in [-0.2, -0.15) is 0 Å². The number of aromatic amines is 1. The fourth-order valence-corrected chi connectivity index (χ4v) is 0.726. The van der Waals surface area contributed by atoms with Crippen LogP contribution in [0.25, 0.3) is 0 Å². The molecule has 0 aliphatic heterocycles. The molecule has 1 rings (SSSR count). The SMILES string of the molecule is CCCNc1cncc(=O)[nH]1. The van der Waals surface area contributed by atoms with Crippen LogP contribution in [-0.4, -0.2) is 16.5 Å². The first-order chi connectivity index (χ1) is 5.33. The van der Waals surface area contributed by atoms with Crippen molar-refractivity contribution >= 4 is 5.82 Å². The molecule has 0 fully saturated rings. The second kappa shape index (κ2) is 3.75. The van der Waals surface area contributed by atoms with Gasteiger partial charge in [-0.25, -0.2) is 0 Å². The highest BCUT2D eigenvalue weighted by atomic mass is 16.1. The number of hydrogen-bond donors (Lipinski definition) is 2. The van der Waals surface area contributed by atoms with Crippen LogP contribution in [0.15, 0.2) is 17.2 Å². The predicted molar refractivity (Wildman–Crippen MR) is 43.6 cm³/mol. The zero-order chi connectivity index (χ0) is 8.10. The number of nitrogens with one attached hydrogen (secondary N) is 2. The first-order valence-corrected chi connectivity index (χ1v) is 3.61. The van der Waals surface area contributed by atoms with E-state index in [1.807, 2.05) is 0 Å². The van der Waals surface area contributed by atoms with Gasteiger partial charge in [-0.3, -0.25) is 9.78 Å². The summed E-state index contributed by atoms with van der Waals surface area (Å²) in [6, 6.07) is 0. The van der Waals surface area contributed by atoms with Crippen LogP contribution in [0, 0.1) is 0 Å². The van der Waals surface area contributed by atoms with Crippen LogP contribution in [0.5, 0.6) is 0 Å². The molecule has 0 aliphatic carbocycles. The van der Waals surface area contributed by atoms with Crippen LogP contribution in [0.2, 0.25) is 0 Å². The third kappa shape index (κ3) is 2.41. The van der Waals surface area contributed by atoms with E-state index in [9.17, 15) is 4.79 Å². The summed E-state index contributed by atoms with van der Waals surface area (Å²) in [5.74, 6) is 0.680. The molecular weight excluding hydrogens is 142 g/mol. The van der Waals surface area contributed by atoms with Crippen molar-refractivity contribution in [3.8, 4) is 0 Å². The summed E-state index contributed by atoms with van der Waals surface area (Å²) in [5, 5.41) is 3.02. The normalized spacial score (nSPS) is 9.55. The molecule has 0 bridgehead atoms. The van der Waals surface area contributed by atoms with Crippen LogP contribution < -0.4 is 10.9 Å². The van der Waals surface area contributed by atoms with Gasteiger partial charge in [0.2, 0.25) is 0 Å². The summed E-state index contributed by atoms with van der Waals surface area (Å²) < 4.78 is 0. The van der Waals surface area contributed by atoms with E-state index in [2.05, 4.69) is 22.2 Å². The van der Waals surface area contributed by atoms with Crippen molar-refractivity contribution in [2.45, 2.75) is 13.3 Å². The first kappa shape index (κ1) is 7.78. The molecule has 2 N–H and O–H groups in total. The Morgan fingerprint density at radius 1 is 1.64 bits per heavy atom. The number of hydrogen-bond acceptors (Lipinski definition) is 3. The maximum absolute atomic E-state index is 10.7. The average Bonchev–Trinajstić information content (AvgIpc) is 2.01. The Morgan fingerprint density at radius 2 is 2.45 bits per heavy atom. The molecule has 0 spiro atoms. The zero-order valence-corrected chi connectivity index (χ0v) is 6.42. The molecule has 4 heteroatoms. The average molecular weight is 153 g/mol. The molecule has 0 atom stereocenters. The van der Waals surface area contributed by atoms with Gasteiger partial charge in [-0.1, -0.05) is 6.92 Å². The quantitative estimate of drug-likeness (QED) is 0.668. The fourth-order valence-electron chi connectivity index (χ4n) is 0.726. The molecular formula is C7H11N3O. The maximum atomic E-state index is 10.7. The summed E-state index contributed by atoms with van der Waals surface area (Å²) in [7, 11) is 0. The first-order valence-electron chi connectivity index (χ1n) is 3.61. The molecule has 0 unspecified atom stereocenters. The Morgan fingerprint density at radius 3 is 3.09 bits per heavy atom. The molecule has 0 radical (unpaired) electrons. The number of rotatable bonds is 3. The highest BCUT2D eigenvalue weighted by molar-refractivity contribution is 5.29. The highest BCUT2D eigenvalue weighted by Crippen LogP contribution is 1.93. The smallest absolute Gasteiger partial charge is 0.267 e. The Kier molecular flexibility index (Phi) is 2.66. The Bertz CT molecular complexity index is 268. The van der Waals surface area contributed by atoms with E-state index in [1.165, 1.54) is 6.20 Å². The predicted octanol–water partition coefficient (Wildman–Crippen LogP) is 0.592. The third-order valence-corrected chi connectivity index (χ3v) is 1.22. The van der Waals surface area contributed by atoms with Crippen LogP contribution in [-0.2, 0) is 0 Å². The van der Waals surface area contributed by atoms with Crippen LogP contribution in [0.3, 0.4) is 0 Å². The van der Waals surface area contributed by atoms with E-state index in [4.69, 9.17) is 0 Å². The molecule has 4 nitrogen and oxygen atoms in total. The second-order valence-corrected chi connectivity index (χ2v) is 2.24. The molecule has 11 heavy (non-hydrogen) atoms. The van der Waals surface area contributed by atoms with Crippen LogP contribution >= 0.6 is 0 Å². The van der Waals surface area contributed by atoms with Gasteiger partial charge in [-0.05, 0) is 6.42 Å². The molecule has 0 amide bonds. The summed E-state index contributed by atoms with van der Waals surface area (Å²) in [4.78, 5) is 17.0. The Balaban J connectivity index is 2.64. The Labute approximate surface area is 64.7 Å². The lowest BCUT2D eigenvalue weighted by Gasteiger charge is -2.01. The lowest BCUT2D eigenvalue weighted by Crippen LogP contribution is -2.10. The lowest BCUT2D eigenvalue weighted by atomic mass is 10.5. The molecule has 1 aromatic rings. The maximum Gasteiger partial charge on any atom is 0.267 e. The standard InChI is InChI=1S/C7H11N3O/c1-2-3-9-6-4-8-5-7(11)10-6/h4-5H,2-3H2,1H3,(H2,9,10,11). The van der Waals surface area contributed by atoms with Gasteiger partial charge in [0.15, 0.2) is 0 Å². The largest absolute Gasteiger partial charge is 0.370 e. The third-order valence-electron chi connectivity index (χ3n) is 1.22. The lowest BCUT2D eigenvalue weighted by molar-refractivity contribution is 0.960. The van der Waals surface area contributed by atoms with E-state index >= 15 is 0 Å². The number of anilines is 1. The van der Waals surface area contributed by atoms with Crippen LogP contribution in [0.4, 0.5) is 5.82 Å². The van der Waals surface area contributed by atoms with Gasteiger partial charge >= 0.3 is 0 Å². The molecule has 0 aromatic carbocycles. The van der Waals surface area contributed by atoms with Crippen LogP contribution in [0.1, 0.15) is 13.3 Å². The summed E-state index contributed by atoms with van der Waals surface area (Å²) in [5.41, 5.74) is -0.175. The summed E-state index contributed by atoms with van der Waals surface area (Å²) in [6.07, 6.45) is 3.87. The molecule has 1 heterocycles. The highest BCUT2D eigenvalue weighted by Gasteiger charge is 1.89. The molecule has 0 aliphatic rings. The van der Waals surface area contributed by atoms with Gasteiger partial charge in [0, 0.05) is 6.54 Å². The number of nitrogens with zero attached hydrogens (tertiary/aromatic N) is 1. The molecule has 0 saturated carbocycles. The van der Waals surface area contributed by atoms with Gasteiger partial charge in [-0.15, -0.1) is 0 Å². The minimum atomic E-state index is -0.175. The minimum Gasteiger partial charge on any atom is -0.370 e. The van der Waals surface area contributed by atoms with Crippen molar-refractivity contribution in [3.63, 3.8) is 0 Å². The second-order valence-electron chi connectivity index (χ2n) is 2.24.